The number of carbonyl (C=O) groups is 3. The molecule has 1 aliphatic heterocycles. The van der Waals surface area contributed by atoms with Crippen LogP contribution in [0.4, 0.5) is 16.2 Å². The van der Waals surface area contributed by atoms with Gasteiger partial charge < -0.3 is 0 Å². The predicted molar refractivity (Wildman–Crippen MR) is 130 cm³/mol. The maximum Gasteiger partial charge on any atom is 0.335 e. The van der Waals surface area contributed by atoms with E-state index < -0.39 is 22.8 Å². The second-order valence-electron chi connectivity index (χ2n) is 7.35. The van der Waals surface area contributed by atoms with Crippen LogP contribution in [0, 0.1) is 10.1 Å². The Balaban J connectivity index is 1.64. The van der Waals surface area contributed by atoms with Crippen LogP contribution in [0.1, 0.15) is 16.7 Å². The van der Waals surface area contributed by atoms with Crippen molar-refractivity contribution < 1.29 is 19.3 Å². The van der Waals surface area contributed by atoms with E-state index >= 15 is 0 Å². The summed E-state index contributed by atoms with van der Waals surface area (Å²) in [5.74, 6) is -1.77. The van der Waals surface area contributed by atoms with Gasteiger partial charge in [-0.1, -0.05) is 63.9 Å². The molecule has 0 bridgehead atoms. The number of hydrogen-bond donors (Lipinski definition) is 1. The molecule has 1 saturated heterocycles. The molecule has 4 amide bonds. The van der Waals surface area contributed by atoms with Gasteiger partial charge in [-0.3, -0.25) is 25.0 Å². The lowest BCUT2D eigenvalue weighted by Crippen LogP contribution is -2.54. The van der Waals surface area contributed by atoms with Gasteiger partial charge in [-0.15, -0.1) is 0 Å². The number of amides is 4. The van der Waals surface area contributed by atoms with Gasteiger partial charge in [-0.05, 0) is 41.0 Å². The zero-order chi connectivity index (χ0) is 24.4. The molecule has 8 nitrogen and oxygen atoms in total. The Morgan fingerprint density at radius 3 is 2.47 bits per heavy atom. The summed E-state index contributed by atoms with van der Waals surface area (Å²) < 4.78 is 0.952. The molecule has 10 heteroatoms. The maximum absolute atomic E-state index is 13.0. The Morgan fingerprint density at radius 2 is 1.76 bits per heavy atom. The average Bonchev–Trinajstić information content (AvgIpc) is 2.80. The van der Waals surface area contributed by atoms with Crippen LogP contribution in [0.15, 0.2) is 76.8 Å². The number of nitrogens with one attached hydrogen (secondary N) is 1. The molecule has 1 N–H and O–H groups in total. The van der Waals surface area contributed by atoms with Crippen LogP contribution < -0.4 is 10.2 Å². The standard InChI is InChI=1S/C24H15BrClN3O5/c25-20-7-2-1-4-15(20)12-16-9-8-14(11-21(16)26)10-19-22(30)27-24(32)28(23(19)31)17-5-3-6-18(13-17)29(33)34/h1-11,13H,12H2,(H,27,30,32)/b19-10+. The fraction of sp³-hybridized carbons (Fsp3) is 0.0417. The molecule has 0 aromatic heterocycles. The van der Waals surface area contributed by atoms with Crippen molar-refractivity contribution in [1.29, 1.82) is 0 Å². The van der Waals surface area contributed by atoms with Gasteiger partial charge in [0.15, 0.2) is 0 Å². The molecule has 0 unspecified atom stereocenters. The van der Waals surface area contributed by atoms with Crippen LogP contribution in [-0.2, 0) is 16.0 Å². The van der Waals surface area contributed by atoms with Gasteiger partial charge in [-0.25, -0.2) is 9.69 Å². The van der Waals surface area contributed by atoms with Crippen LogP contribution in [0.5, 0.6) is 0 Å². The highest BCUT2D eigenvalue weighted by Gasteiger charge is 2.37. The fourth-order valence-corrected chi connectivity index (χ4v) is 4.13. The third kappa shape index (κ3) is 4.75. The van der Waals surface area contributed by atoms with Gasteiger partial charge in [0.25, 0.3) is 17.5 Å². The highest BCUT2D eigenvalue weighted by Crippen LogP contribution is 2.28. The monoisotopic (exact) mass is 539 g/mol. The minimum atomic E-state index is -0.991. The van der Waals surface area contributed by atoms with Gasteiger partial charge >= 0.3 is 6.03 Å². The second-order valence-corrected chi connectivity index (χ2v) is 8.62. The zero-order valence-corrected chi connectivity index (χ0v) is 19.7. The first-order chi connectivity index (χ1) is 16.2. The summed E-state index contributed by atoms with van der Waals surface area (Å²) in [5, 5.41) is 13.6. The highest BCUT2D eigenvalue weighted by atomic mass is 79.9. The van der Waals surface area contributed by atoms with Gasteiger partial charge in [0.05, 0.1) is 10.6 Å². The van der Waals surface area contributed by atoms with Crippen molar-refractivity contribution in [3.8, 4) is 0 Å². The molecule has 1 heterocycles. The summed E-state index contributed by atoms with van der Waals surface area (Å²) in [4.78, 5) is 48.9. The molecule has 0 radical (unpaired) electrons. The number of rotatable bonds is 5. The average molecular weight is 541 g/mol. The number of nitrogens with zero attached hydrogens (tertiary/aromatic N) is 2. The number of carbonyl (C=O) groups excluding carboxylic acids is 3. The second kappa shape index (κ2) is 9.58. The SMILES string of the molecule is O=C1NC(=O)N(c2cccc([N+](=O)[O-])c2)C(=O)/C1=C/c1ccc(Cc2ccccc2Br)c(Cl)c1. The number of anilines is 1. The largest absolute Gasteiger partial charge is 0.335 e. The molecule has 3 aromatic carbocycles. The minimum absolute atomic E-state index is 0.0306. The Bertz CT molecular complexity index is 1390. The van der Waals surface area contributed by atoms with Crippen LogP contribution in [0.2, 0.25) is 5.02 Å². The summed E-state index contributed by atoms with van der Waals surface area (Å²) in [6.07, 6.45) is 1.90. The smallest absolute Gasteiger partial charge is 0.273 e. The van der Waals surface area contributed by atoms with Crippen LogP contribution >= 0.6 is 27.5 Å². The molecule has 0 spiro atoms. The Labute approximate surface area is 207 Å². The van der Waals surface area contributed by atoms with E-state index in [2.05, 4.69) is 21.2 Å². The molecule has 170 valence electrons. The van der Waals surface area contributed by atoms with Crippen molar-refractivity contribution in [2.75, 3.05) is 4.90 Å². The van der Waals surface area contributed by atoms with Crippen molar-refractivity contribution in [3.63, 3.8) is 0 Å². The number of nitro benzene ring substituents is 1. The van der Waals surface area contributed by atoms with Crippen molar-refractivity contribution >= 4 is 62.8 Å². The number of hydrogen-bond acceptors (Lipinski definition) is 5. The molecule has 34 heavy (non-hydrogen) atoms. The third-order valence-corrected chi connectivity index (χ3v) is 6.25. The lowest BCUT2D eigenvalue weighted by atomic mass is 10.0. The minimum Gasteiger partial charge on any atom is -0.273 e. The van der Waals surface area contributed by atoms with E-state index in [9.17, 15) is 24.5 Å². The van der Waals surface area contributed by atoms with Gasteiger partial charge in [0.2, 0.25) is 0 Å². The first kappa shape index (κ1) is 23.3. The normalized spacial score (nSPS) is 14.9. The molecule has 0 saturated carbocycles. The van der Waals surface area contributed by atoms with Crippen LogP contribution in [0.25, 0.3) is 6.08 Å². The van der Waals surface area contributed by atoms with Crippen molar-refractivity contribution in [2.24, 2.45) is 0 Å². The van der Waals surface area contributed by atoms with E-state index in [0.717, 1.165) is 21.7 Å². The van der Waals surface area contributed by atoms with Gasteiger partial charge in [-0.2, -0.15) is 0 Å². The molecule has 3 aromatic rings. The highest BCUT2D eigenvalue weighted by molar-refractivity contribution is 9.10. The molecular weight excluding hydrogens is 526 g/mol. The molecular formula is C24H15BrClN3O5. The summed E-state index contributed by atoms with van der Waals surface area (Å²) >= 11 is 9.97. The zero-order valence-electron chi connectivity index (χ0n) is 17.3. The molecule has 1 aliphatic rings. The molecule has 4 rings (SSSR count). The molecule has 0 atom stereocenters. The Kier molecular flexibility index (Phi) is 6.58. The van der Waals surface area contributed by atoms with Gasteiger partial charge in [0.1, 0.15) is 5.57 Å². The number of imide groups is 2. The first-order valence-corrected chi connectivity index (χ1v) is 11.1. The lowest BCUT2D eigenvalue weighted by Gasteiger charge is -2.26. The van der Waals surface area contributed by atoms with Crippen LogP contribution in [0.3, 0.4) is 0 Å². The maximum atomic E-state index is 13.0. The lowest BCUT2D eigenvalue weighted by molar-refractivity contribution is -0.384. The Hall–Kier alpha value is -3.82. The van der Waals surface area contributed by atoms with Crippen molar-refractivity contribution in [3.05, 3.63) is 109 Å². The number of barbiturate groups is 1. The Morgan fingerprint density at radius 1 is 1.00 bits per heavy atom. The van der Waals surface area contributed by atoms with E-state index in [1.54, 1.807) is 18.2 Å². The fourth-order valence-electron chi connectivity index (χ4n) is 3.45. The van der Waals surface area contributed by atoms with E-state index in [4.69, 9.17) is 11.6 Å². The van der Waals surface area contributed by atoms with E-state index in [-0.39, 0.29) is 16.9 Å². The quantitative estimate of drug-likeness (QED) is 0.205. The number of benzene rings is 3. The predicted octanol–water partition coefficient (Wildman–Crippen LogP) is 5.27. The summed E-state index contributed by atoms with van der Waals surface area (Å²) in [7, 11) is 0. The van der Waals surface area contributed by atoms with Gasteiger partial charge in [0, 0.05) is 28.0 Å². The van der Waals surface area contributed by atoms with Crippen molar-refractivity contribution in [2.45, 2.75) is 6.42 Å². The summed E-state index contributed by atoms with van der Waals surface area (Å²) in [6, 6.07) is 16.9. The van der Waals surface area contributed by atoms with Crippen LogP contribution in [-0.4, -0.2) is 22.8 Å². The van der Waals surface area contributed by atoms with E-state index in [1.807, 2.05) is 24.3 Å². The first-order valence-electron chi connectivity index (χ1n) is 9.92. The topological polar surface area (TPSA) is 110 Å². The number of nitro groups is 1. The number of halogens is 2. The molecule has 1 fully saturated rings. The molecule has 0 aliphatic carbocycles. The van der Waals surface area contributed by atoms with E-state index in [0.29, 0.717) is 21.9 Å². The van der Waals surface area contributed by atoms with E-state index in [1.165, 1.54) is 24.3 Å². The summed E-state index contributed by atoms with van der Waals surface area (Å²) in [5.41, 5.74) is 1.74. The van der Waals surface area contributed by atoms with Crippen molar-refractivity contribution in [1.82, 2.24) is 5.32 Å². The summed E-state index contributed by atoms with van der Waals surface area (Å²) in [6.45, 7) is 0. The number of urea groups is 1. The number of non-ortho nitro benzene ring substituents is 1. The third-order valence-electron chi connectivity index (χ3n) is 5.13.